The average Bonchev–Trinajstić information content (AvgIpc) is 2.41. The molecule has 0 saturated carbocycles. The maximum Gasteiger partial charge on any atom is 0.127 e. The van der Waals surface area contributed by atoms with Crippen molar-refractivity contribution in [3.8, 4) is 5.75 Å². The number of aromatic hydroxyl groups is 1. The first-order chi connectivity index (χ1) is 9.56. The van der Waals surface area contributed by atoms with Crippen molar-refractivity contribution in [3.05, 3.63) is 65.5 Å². The number of hydrogen-bond donors (Lipinski definition) is 2. The van der Waals surface area contributed by atoms with E-state index in [9.17, 15) is 9.50 Å². The summed E-state index contributed by atoms with van der Waals surface area (Å²) < 4.78 is 13.7. The molecule has 2 aromatic carbocycles. The lowest BCUT2D eigenvalue weighted by Gasteiger charge is -2.21. The van der Waals surface area contributed by atoms with Crippen LogP contribution in [0, 0.1) is 5.82 Å². The molecule has 0 bridgehead atoms. The van der Waals surface area contributed by atoms with Crippen LogP contribution in [0.1, 0.15) is 31.0 Å². The highest BCUT2D eigenvalue weighted by atomic mass is 19.1. The molecule has 0 fully saturated rings. The number of phenolic OH excluding ortho intramolecular Hbond substituents is 1. The van der Waals surface area contributed by atoms with Gasteiger partial charge in [0.2, 0.25) is 0 Å². The number of hydrogen-bond acceptors (Lipinski definition) is 2. The van der Waals surface area contributed by atoms with E-state index in [0.717, 1.165) is 12.0 Å². The van der Waals surface area contributed by atoms with Crippen molar-refractivity contribution in [2.75, 3.05) is 0 Å². The molecule has 0 spiro atoms. The molecule has 0 aliphatic rings. The van der Waals surface area contributed by atoms with E-state index in [0.29, 0.717) is 5.56 Å². The van der Waals surface area contributed by atoms with Gasteiger partial charge in [0.15, 0.2) is 0 Å². The summed E-state index contributed by atoms with van der Waals surface area (Å²) in [6, 6.07) is 14.2. The van der Waals surface area contributed by atoms with Crippen LogP contribution in [-0.2, 0) is 6.42 Å². The lowest BCUT2D eigenvalue weighted by atomic mass is 10.0. The molecular weight excluding hydrogens is 253 g/mol. The Morgan fingerprint density at radius 2 is 1.70 bits per heavy atom. The van der Waals surface area contributed by atoms with Crippen molar-refractivity contribution >= 4 is 0 Å². The molecule has 2 N–H and O–H groups in total. The van der Waals surface area contributed by atoms with Gasteiger partial charge < -0.3 is 10.4 Å². The summed E-state index contributed by atoms with van der Waals surface area (Å²) >= 11 is 0. The molecule has 1 unspecified atom stereocenters. The molecule has 2 atom stereocenters. The van der Waals surface area contributed by atoms with Crippen LogP contribution < -0.4 is 5.32 Å². The molecule has 106 valence electrons. The second-order valence-corrected chi connectivity index (χ2v) is 5.18. The molecule has 0 radical (unpaired) electrons. The van der Waals surface area contributed by atoms with Crippen LogP contribution in [0.25, 0.3) is 0 Å². The summed E-state index contributed by atoms with van der Waals surface area (Å²) in [5, 5.41) is 12.7. The van der Waals surface area contributed by atoms with Gasteiger partial charge in [-0.2, -0.15) is 0 Å². The highest BCUT2D eigenvalue weighted by molar-refractivity contribution is 5.26. The quantitative estimate of drug-likeness (QED) is 0.868. The monoisotopic (exact) mass is 273 g/mol. The molecule has 0 aromatic heterocycles. The van der Waals surface area contributed by atoms with Crippen LogP contribution in [0.15, 0.2) is 48.5 Å². The predicted molar refractivity (Wildman–Crippen MR) is 79.2 cm³/mol. The van der Waals surface area contributed by atoms with Crippen LogP contribution in [0.5, 0.6) is 5.75 Å². The Bertz CT molecular complexity index is 553. The van der Waals surface area contributed by atoms with Crippen molar-refractivity contribution in [1.29, 1.82) is 0 Å². The molecule has 3 heteroatoms. The number of halogens is 1. The summed E-state index contributed by atoms with van der Waals surface area (Å²) in [5.41, 5.74) is 1.83. The lowest BCUT2D eigenvalue weighted by molar-refractivity contribution is 0.459. The van der Waals surface area contributed by atoms with Crippen LogP contribution in [0.2, 0.25) is 0 Å². The zero-order valence-electron chi connectivity index (χ0n) is 11.8. The first-order valence-electron chi connectivity index (χ1n) is 6.84. The Morgan fingerprint density at radius 3 is 2.35 bits per heavy atom. The van der Waals surface area contributed by atoms with E-state index in [1.807, 2.05) is 25.1 Å². The topological polar surface area (TPSA) is 32.3 Å². The van der Waals surface area contributed by atoms with E-state index < -0.39 is 0 Å². The van der Waals surface area contributed by atoms with Gasteiger partial charge in [-0.3, -0.25) is 0 Å². The molecule has 2 rings (SSSR count). The van der Waals surface area contributed by atoms with E-state index >= 15 is 0 Å². The Hall–Kier alpha value is -1.87. The van der Waals surface area contributed by atoms with Crippen molar-refractivity contribution < 1.29 is 9.50 Å². The minimum absolute atomic E-state index is 0.0386. The number of phenols is 1. The van der Waals surface area contributed by atoms with Gasteiger partial charge in [-0.05, 0) is 44.0 Å². The second-order valence-electron chi connectivity index (χ2n) is 5.18. The standard InChI is InChI=1S/C17H20FNO/c1-12(11-14-7-9-15(20)10-8-14)19-13(2)16-5-3-4-6-17(16)18/h3-10,12-13,19-20H,11H2,1-2H3/t12?,13-/m1/s1. The highest BCUT2D eigenvalue weighted by Crippen LogP contribution is 2.18. The molecule has 0 heterocycles. The first-order valence-corrected chi connectivity index (χ1v) is 6.84. The first kappa shape index (κ1) is 14.5. The van der Waals surface area contributed by atoms with Crippen molar-refractivity contribution in [2.24, 2.45) is 0 Å². The molecule has 0 saturated heterocycles. The fourth-order valence-corrected chi connectivity index (χ4v) is 2.39. The molecule has 2 aromatic rings. The molecule has 0 amide bonds. The average molecular weight is 273 g/mol. The largest absolute Gasteiger partial charge is 0.508 e. The highest BCUT2D eigenvalue weighted by Gasteiger charge is 2.13. The van der Waals surface area contributed by atoms with Crippen LogP contribution in [-0.4, -0.2) is 11.1 Å². The Kier molecular flexibility index (Phi) is 4.74. The number of rotatable bonds is 5. The third-order valence-corrected chi connectivity index (χ3v) is 3.38. The van der Waals surface area contributed by atoms with Gasteiger partial charge in [0.1, 0.15) is 11.6 Å². The van der Waals surface area contributed by atoms with Gasteiger partial charge in [0.05, 0.1) is 0 Å². The van der Waals surface area contributed by atoms with Crippen LogP contribution >= 0.6 is 0 Å². The molecule has 20 heavy (non-hydrogen) atoms. The van der Waals surface area contributed by atoms with Gasteiger partial charge in [-0.1, -0.05) is 30.3 Å². The van der Waals surface area contributed by atoms with Crippen molar-refractivity contribution in [2.45, 2.75) is 32.4 Å². The van der Waals surface area contributed by atoms with Gasteiger partial charge in [-0.25, -0.2) is 4.39 Å². The van der Waals surface area contributed by atoms with E-state index in [4.69, 9.17) is 0 Å². The van der Waals surface area contributed by atoms with Crippen molar-refractivity contribution in [1.82, 2.24) is 5.32 Å². The molecule has 2 nitrogen and oxygen atoms in total. The summed E-state index contributed by atoms with van der Waals surface area (Å²) in [6.45, 7) is 4.04. The molecular formula is C17H20FNO. The maximum atomic E-state index is 13.7. The lowest BCUT2D eigenvalue weighted by Crippen LogP contribution is -2.31. The smallest absolute Gasteiger partial charge is 0.127 e. The van der Waals surface area contributed by atoms with Gasteiger partial charge in [-0.15, -0.1) is 0 Å². The molecule has 0 aliphatic heterocycles. The summed E-state index contributed by atoms with van der Waals surface area (Å²) in [5.74, 6) is 0.0958. The van der Waals surface area contributed by atoms with Gasteiger partial charge >= 0.3 is 0 Å². The fourth-order valence-electron chi connectivity index (χ4n) is 2.39. The van der Waals surface area contributed by atoms with E-state index in [2.05, 4.69) is 12.2 Å². The Balaban J connectivity index is 1.96. The third-order valence-electron chi connectivity index (χ3n) is 3.38. The Morgan fingerprint density at radius 1 is 1.05 bits per heavy atom. The minimum atomic E-state index is -0.177. The summed E-state index contributed by atoms with van der Waals surface area (Å²) in [6.07, 6.45) is 0.832. The minimum Gasteiger partial charge on any atom is -0.508 e. The Labute approximate surface area is 119 Å². The van der Waals surface area contributed by atoms with E-state index in [1.54, 1.807) is 24.3 Å². The SMILES string of the molecule is CC(Cc1ccc(O)cc1)N[C@H](C)c1ccccc1F. The van der Waals surface area contributed by atoms with Crippen LogP contribution in [0.3, 0.4) is 0 Å². The number of benzene rings is 2. The zero-order chi connectivity index (χ0) is 14.5. The maximum absolute atomic E-state index is 13.7. The van der Waals surface area contributed by atoms with Crippen molar-refractivity contribution in [3.63, 3.8) is 0 Å². The predicted octanol–water partition coefficient (Wildman–Crippen LogP) is 3.81. The summed E-state index contributed by atoms with van der Waals surface area (Å²) in [7, 11) is 0. The van der Waals surface area contributed by atoms with E-state index in [-0.39, 0.29) is 23.7 Å². The van der Waals surface area contributed by atoms with E-state index in [1.165, 1.54) is 6.07 Å². The fraction of sp³-hybridized carbons (Fsp3) is 0.294. The summed E-state index contributed by atoms with van der Waals surface area (Å²) in [4.78, 5) is 0. The van der Waals surface area contributed by atoms with Crippen LogP contribution in [0.4, 0.5) is 4.39 Å². The van der Waals surface area contributed by atoms with Gasteiger partial charge in [0, 0.05) is 17.6 Å². The zero-order valence-corrected chi connectivity index (χ0v) is 11.8. The second kappa shape index (κ2) is 6.53. The third kappa shape index (κ3) is 3.81. The normalized spacial score (nSPS) is 13.9. The number of nitrogens with one attached hydrogen (secondary N) is 1. The van der Waals surface area contributed by atoms with Gasteiger partial charge in [0.25, 0.3) is 0 Å². The molecule has 0 aliphatic carbocycles.